The maximum atomic E-state index is 5.45. The van der Waals surface area contributed by atoms with Gasteiger partial charge in [-0.15, -0.1) is 24.0 Å². The van der Waals surface area contributed by atoms with Crippen molar-refractivity contribution in [2.75, 3.05) is 20.1 Å². The number of piperidine rings is 1. The molecule has 6 nitrogen and oxygen atoms in total. The lowest BCUT2D eigenvalue weighted by Gasteiger charge is -2.30. The smallest absolute Gasteiger partial charge is 0.191 e. The van der Waals surface area contributed by atoms with Crippen molar-refractivity contribution in [2.45, 2.75) is 66.1 Å². The van der Waals surface area contributed by atoms with Crippen LogP contribution in [0.5, 0.6) is 0 Å². The van der Waals surface area contributed by atoms with Crippen LogP contribution in [0.4, 0.5) is 0 Å². The summed E-state index contributed by atoms with van der Waals surface area (Å²) in [5, 5.41) is 11.0. The average Bonchev–Trinajstić information content (AvgIpc) is 3.17. The summed E-state index contributed by atoms with van der Waals surface area (Å²) in [7, 11) is 1.80. The van der Waals surface area contributed by atoms with Crippen LogP contribution in [0.3, 0.4) is 0 Å². The fourth-order valence-corrected chi connectivity index (χ4v) is 4.17. The first-order valence-corrected chi connectivity index (χ1v) is 11.3. The van der Waals surface area contributed by atoms with Crippen LogP contribution in [0.15, 0.2) is 33.8 Å². The van der Waals surface area contributed by atoms with Crippen LogP contribution in [0.1, 0.15) is 61.8 Å². The summed E-state index contributed by atoms with van der Waals surface area (Å²) >= 11 is 0. The van der Waals surface area contributed by atoms with Crippen molar-refractivity contribution in [3.05, 3.63) is 52.4 Å². The Kier molecular flexibility index (Phi) is 10.8. The Morgan fingerprint density at radius 3 is 2.48 bits per heavy atom. The number of nitrogens with zero attached hydrogens (tertiary/aromatic N) is 3. The van der Waals surface area contributed by atoms with Crippen LogP contribution >= 0.6 is 24.0 Å². The zero-order chi connectivity index (χ0) is 21.3. The van der Waals surface area contributed by atoms with E-state index in [2.05, 4.69) is 70.7 Å². The molecular formula is C24H38IN5O. The SMILES string of the molecule is CCc1noc(CC)c1CNC(=NC)NCc1ccc(CN2CCCC(C)C2)cc1.I. The number of aliphatic imine (C=N–C) groups is 1. The lowest BCUT2D eigenvalue weighted by Crippen LogP contribution is -2.36. The van der Waals surface area contributed by atoms with Gasteiger partial charge in [-0.25, -0.2) is 0 Å². The van der Waals surface area contributed by atoms with E-state index in [1.807, 2.05) is 0 Å². The highest BCUT2D eigenvalue weighted by atomic mass is 127. The van der Waals surface area contributed by atoms with Crippen LogP contribution < -0.4 is 10.6 Å². The minimum absolute atomic E-state index is 0. The minimum Gasteiger partial charge on any atom is -0.361 e. The van der Waals surface area contributed by atoms with Crippen molar-refractivity contribution in [1.29, 1.82) is 0 Å². The fraction of sp³-hybridized carbons (Fsp3) is 0.583. The zero-order valence-electron chi connectivity index (χ0n) is 19.4. The van der Waals surface area contributed by atoms with E-state index in [1.54, 1.807) is 7.05 Å². The van der Waals surface area contributed by atoms with E-state index in [-0.39, 0.29) is 24.0 Å². The lowest BCUT2D eigenvalue weighted by atomic mass is 9.99. The Labute approximate surface area is 204 Å². The Balaban J connectivity index is 0.00000341. The predicted molar refractivity (Wildman–Crippen MR) is 138 cm³/mol. The summed E-state index contributed by atoms with van der Waals surface area (Å²) in [5.74, 6) is 2.56. The Hall–Kier alpha value is -1.61. The Bertz CT molecular complexity index is 796. The number of halogens is 1. The van der Waals surface area contributed by atoms with E-state index >= 15 is 0 Å². The van der Waals surface area contributed by atoms with Gasteiger partial charge in [0.05, 0.1) is 5.69 Å². The number of guanidine groups is 1. The molecule has 1 aromatic carbocycles. The summed E-state index contributed by atoms with van der Waals surface area (Å²) in [5.41, 5.74) is 4.82. The number of aryl methyl sites for hydroxylation is 2. The molecule has 1 aromatic heterocycles. The second-order valence-electron chi connectivity index (χ2n) is 8.32. The van der Waals surface area contributed by atoms with Crippen LogP contribution in [-0.2, 0) is 32.5 Å². The number of aromatic nitrogens is 1. The number of benzene rings is 1. The molecule has 172 valence electrons. The third kappa shape index (κ3) is 7.49. The molecule has 0 saturated carbocycles. The van der Waals surface area contributed by atoms with Crippen LogP contribution in [0.2, 0.25) is 0 Å². The molecule has 0 amide bonds. The van der Waals surface area contributed by atoms with Gasteiger partial charge < -0.3 is 15.2 Å². The van der Waals surface area contributed by atoms with Crippen molar-refractivity contribution in [1.82, 2.24) is 20.7 Å². The summed E-state index contributed by atoms with van der Waals surface area (Å²) in [4.78, 5) is 6.93. The topological polar surface area (TPSA) is 65.7 Å². The zero-order valence-corrected chi connectivity index (χ0v) is 21.7. The molecule has 1 atom stereocenters. The van der Waals surface area contributed by atoms with Gasteiger partial charge in [-0.3, -0.25) is 9.89 Å². The van der Waals surface area contributed by atoms with E-state index in [9.17, 15) is 0 Å². The fourth-order valence-electron chi connectivity index (χ4n) is 4.17. The molecule has 7 heteroatoms. The molecular weight excluding hydrogens is 501 g/mol. The summed E-state index contributed by atoms with van der Waals surface area (Å²) < 4.78 is 5.45. The molecule has 31 heavy (non-hydrogen) atoms. The average molecular weight is 540 g/mol. The predicted octanol–water partition coefficient (Wildman–Crippen LogP) is 4.51. The number of rotatable bonds is 8. The van der Waals surface area contributed by atoms with Crippen molar-refractivity contribution in [3.8, 4) is 0 Å². The van der Waals surface area contributed by atoms with Gasteiger partial charge in [-0.05, 0) is 42.9 Å². The third-order valence-corrected chi connectivity index (χ3v) is 5.89. The molecule has 1 saturated heterocycles. The maximum Gasteiger partial charge on any atom is 0.191 e. The van der Waals surface area contributed by atoms with E-state index in [4.69, 9.17) is 4.52 Å². The van der Waals surface area contributed by atoms with Gasteiger partial charge in [0.1, 0.15) is 5.76 Å². The molecule has 3 rings (SSSR count). The highest BCUT2D eigenvalue weighted by Crippen LogP contribution is 2.18. The summed E-state index contributed by atoms with van der Waals surface area (Å²) in [6.45, 7) is 11.5. The Morgan fingerprint density at radius 2 is 1.84 bits per heavy atom. The van der Waals surface area contributed by atoms with Gasteiger partial charge in [-0.1, -0.05) is 50.2 Å². The second-order valence-corrected chi connectivity index (χ2v) is 8.32. The van der Waals surface area contributed by atoms with Gasteiger partial charge in [0, 0.05) is 45.2 Å². The number of hydrogen-bond donors (Lipinski definition) is 2. The van der Waals surface area contributed by atoms with Crippen molar-refractivity contribution in [2.24, 2.45) is 10.9 Å². The van der Waals surface area contributed by atoms with Crippen LogP contribution in [0, 0.1) is 5.92 Å². The molecule has 0 spiro atoms. The van der Waals surface area contributed by atoms with E-state index in [0.717, 1.165) is 54.8 Å². The summed E-state index contributed by atoms with van der Waals surface area (Å²) in [6, 6.07) is 8.94. The van der Waals surface area contributed by atoms with Gasteiger partial charge in [0.2, 0.25) is 0 Å². The van der Waals surface area contributed by atoms with Gasteiger partial charge in [-0.2, -0.15) is 0 Å². The monoisotopic (exact) mass is 539 g/mol. The molecule has 1 fully saturated rings. The lowest BCUT2D eigenvalue weighted by molar-refractivity contribution is 0.176. The molecule has 1 aliphatic rings. The maximum absolute atomic E-state index is 5.45. The van der Waals surface area contributed by atoms with Crippen molar-refractivity contribution >= 4 is 29.9 Å². The molecule has 0 bridgehead atoms. The first-order chi connectivity index (χ1) is 14.6. The normalized spacial score (nSPS) is 17.3. The van der Waals surface area contributed by atoms with Crippen molar-refractivity contribution in [3.63, 3.8) is 0 Å². The number of hydrogen-bond acceptors (Lipinski definition) is 4. The molecule has 1 unspecified atom stereocenters. The number of nitrogens with one attached hydrogen (secondary N) is 2. The van der Waals surface area contributed by atoms with Gasteiger partial charge in [0.15, 0.2) is 5.96 Å². The standard InChI is InChI=1S/C24H37N5O.HI/c1-5-22-21(23(6-2)30-28-22)15-27-24(25-4)26-14-19-9-11-20(12-10-19)17-29-13-7-8-18(3)16-29;/h9-12,18H,5-8,13-17H2,1-4H3,(H2,25,26,27);1H. The van der Waals surface area contributed by atoms with E-state index in [1.165, 1.54) is 37.1 Å². The molecule has 2 aromatic rings. The first-order valence-electron chi connectivity index (χ1n) is 11.3. The molecule has 0 aliphatic carbocycles. The molecule has 2 heterocycles. The third-order valence-electron chi connectivity index (χ3n) is 5.89. The highest BCUT2D eigenvalue weighted by Gasteiger charge is 2.16. The highest BCUT2D eigenvalue weighted by molar-refractivity contribution is 14.0. The molecule has 1 aliphatic heterocycles. The van der Waals surface area contributed by atoms with Gasteiger partial charge >= 0.3 is 0 Å². The first kappa shape index (κ1) is 25.6. The number of likely N-dealkylation sites (tertiary alicyclic amines) is 1. The Morgan fingerprint density at radius 1 is 1.13 bits per heavy atom. The quantitative estimate of drug-likeness (QED) is 0.294. The van der Waals surface area contributed by atoms with E-state index < -0.39 is 0 Å². The molecule has 2 N–H and O–H groups in total. The van der Waals surface area contributed by atoms with Crippen LogP contribution in [-0.4, -0.2) is 36.2 Å². The largest absolute Gasteiger partial charge is 0.361 e. The van der Waals surface area contributed by atoms with Crippen molar-refractivity contribution < 1.29 is 4.52 Å². The minimum atomic E-state index is 0. The van der Waals surface area contributed by atoms with E-state index in [0.29, 0.717) is 6.54 Å². The summed E-state index contributed by atoms with van der Waals surface area (Å²) in [6.07, 6.45) is 4.41. The second kappa shape index (κ2) is 13.1. The van der Waals surface area contributed by atoms with Crippen LogP contribution in [0.25, 0.3) is 0 Å². The van der Waals surface area contributed by atoms with Gasteiger partial charge in [0.25, 0.3) is 0 Å². The molecule has 0 radical (unpaired) electrons.